The van der Waals surface area contributed by atoms with Gasteiger partial charge in [-0.1, -0.05) is 6.07 Å². The van der Waals surface area contributed by atoms with Gasteiger partial charge in [0.15, 0.2) is 0 Å². The van der Waals surface area contributed by atoms with Crippen LogP contribution in [-0.4, -0.2) is 17.1 Å². The van der Waals surface area contributed by atoms with Gasteiger partial charge in [0, 0.05) is 18.8 Å². The number of fused-ring (bicyclic) bond motifs is 1. The lowest BCUT2D eigenvalue weighted by Gasteiger charge is -2.27. The Kier molecular flexibility index (Phi) is 4.15. The fourth-order valence-electron chi connectivity index (χ4n) is 2.95. The van der Waals surface area contributed by atoms with Gasteiger partial charge in [-0.2, -0.15) is 0 Å². The van der Waals surface area contributed by atoms with E-state index in [4.69, 9.17) is 4.74 Å². The highest BCUT2D eigenvalue weighted by atomic mass is 16.5. The Morgan fingerprint density at radius 1 is 1.33 bits per heavy atom. The molecule has 0 spiro atoms. The topological polar surface area (TPSA) is 47.0 Å². The minimum atomic E-state index is 0.374. The molecule has 1 atom stereocenters. The summed E-state index contributed by atoms with van der Waals surface area (Å²) in [6.07, 6.45) is 5.35. The van der Waals surface area contributed by atoms with Crippen LogP contribution >= 0.6 is 0 Å². The summed E-state index contributed by atoms with van der Waals surface area (Å²) in [6, 6.07) is 8.75. The summed E-state index contributed by atoms with van der Waals surface area (Å²) in [5.74, 6) is 1.75. The van der Waals surface area contributed by atoms with Gasteiger partial charge in [-0.3, -0.25) is 0 Å². The first kappa shape index (κ1) is 14.0. The summed E-state index contributed by atoms with van der Waals surface area (Å²) in [5, 5.41) is 3.63. The van der Waals surface area contributed by atoms with E-state index in [0.29, 0.717) is 6.04 Å². The molecule has 0 radical (unpaired) electrons. The molecule has 0 saturated heterocycles. The van der Waals surface area contributed by atoms with E-state index in [1.807, 2.05) is 19.2 Å². The third-order valence-electron chi connectivity index (χ3n) is 4.03. The van der Waals surface area contributed by atoms with E-state index in [1.165, 1.54) is 17.5 Å². The second kappa shape index (κ2) is 6.22. The highest BCUT2D eigenvalue weighted by Gasteiger charge is 2.20. The van der Waals surface area contributed by atoms with E-state index in [-0.39, 0.29) is 0 Å². The van der Waals surface area contributed by atoms with Gasteiger partial charge >= 0.3 is 0 Å². The van der Waals surface area contributed by atoms with Crippen molar-refractivity contribution in [3.05, 3.63) is 53.1 Å². The van der Waals surface area contributed by atoms with Gasteiger partial charge in [0.1, 0.15) is 11.6 Å². The standard InChI is InChI=1S/C17H21N3O/c1-12-18-9-8-14(20-12)11-19-17-5-3-4-13-6-7-15(21-2)10-16(13)17/h6-10,17,19H,3-5,11H2,1-2H3. The maximum atomic E-state index is 5.36. The fourth-order valence-corrected chi connectivity index (χ4v) is 2.95. The van der Waals surface area contributed by atoms with Crippen LogP contribution < -0.4 is 10.1 Å². The van der Waals surface area contributed by atoms with Crippen LogP contribution in [0.1, 0.15) is 41.5 Å². The zero-order valence-electron chi connectivity index (χ0n) is 12.6. The number of hydrogen-bond donors (Lipinski definition) is 1. The molecule has 0 fully saturated rings. The van der Waals surface area contributed by atoms with E-state index >= 15 is 0 Å². The van der Waals surface area contributed by atoms with Gasteiger partial charge in [-0.05, 0) is 55.5 Å². The minimum Gasteiger partial charge on any atom is -0.497 e. The molecular formula is C17H21N3O. The van der Waals surface area contributed by atoms with Crippen LogP contribution in [-0.2, 0) is 13.0 Å². The Morgan fingerprint density at radius 3 is 3.05 bits per heavy atom. The molecule has 0 aliphatic heterocycles. The lowest BCUT2D eigenvalue weighted by Crippen LogP contribution is -2.25. The molecule has 1 aromatic heterocycles. The van der Waals surface area contributed by atoms with Crippen molar-refractivity contribution in [2.24, 2.45) is 0 Å². The number of nitrogens with one attached hydrogen (secondary N) is 1. The summed E-state index contributed by atoms with van der Waals surface area (Å²) in [4.78, 5) is 8.59. The van der Waals surface area contributed by atoms with E-state index in [1.54, 1.807) is 7.11 Å². The van der Waals surface area contributed by atoms with E-state index in [0.717, 1.165) is 36.7 Å². The average molecular weight is 283 g/mol. The van der Waals surface area contributed by atoms with Crippen molar-refractivity contribution in [1.82, 2.24) is 15.3 Å². The molecule has 21 heavy (non-hydrogen) atoms. The molecular weight excluding hydrogens is 262 g/mol. The van der Waals surface area contributed by atoms with Crippen molar-refractivity contribution < 1.29 is 4.74 Å². The monoisotopic (exact) mass is 283 g/mol. The van der Waals surface area contributed by atoms with Gasteiger partial charge in [0.05, 0.1) is 12.8 Å². The van der Waals surface area contributed by atoms with Crippen LogP contribution in [0.3, 0.4) is 0 Å². The van der Waals surface area contributed by atoms with Crippen molar-refractivity contribution in [3.63, 3.8) is 0 Å². The Balaban J connectivity index is 1.75. The van der Waals surface area contributed by atoms with Gasteiger partial charge in [0.25, 0.3) is 0 Å². The number of nitrogens with zero attached hydrogens (tertiary/aromatic N) is 2. The first-order valence-corrected chi connectivity index (χ1v) is 7.45. The molecule has 2 aromatic rings. The number of methoxy groups -OCH3 is 1. The van der Waals surface area contributed by atoms with Crippen molar-refractivity contribution in [2.75, 3.05) is 7.11 Å². The number of ether oxygens (including phenoxy) is 1. The minimum absolute atomic E-state index is 0.374. The van der Waals surface area contributed by atoms with Gasteiger partial charge in [0.2, 0.25) is 0 Å². The van der Waals surface area contributed by atoms with Crippen LogP contribution in [0.5, 0.6) is 5.75 Å². The fraction of sp³-hybridized carbons (Fsp3) is 0.412. The summed E-state index contributed by atoms with van der Waals surface area (Å²) < 4.78 is 5.36. The molecule has 0 bridgehead atoms. The van der Waals surface area contributed by atoms with E-state index in [2.05, 4.69) is 33.5 Å². The molecule has 1 aliphatic carbocycles. The van der Waals surface area contributed by atoms with Gasteiger partial charge in [-0.25, -0.2) is 9.97 Å². The Hall–Kier alpha value is -1.94. The highest BCUT2D eigenvalue weighted by Crippen LogP contribution is 2.32. The van der Waals surface area contributed by atoms with Crippen LogP contribution in [0.15, 0.2) is 30.5 Å². The highest BCUT2D eigenvalue weighted by molar-refractivity contribution is 5.39. The van der Waals surface area contributed by atoms with Crippen molar-refractivity contribution in [3.8, 4) is 5.75 Å². The van der Waals surface area contributed by atoms with E-state index < -0.39 is 0 Å². The molecule has 0 saturated carbocycles. The Morgan fingerprint density at radius 2 is 2.24 bits per heavy atom. The lowest BCUT2D eigenvalue weighted by molar-refractivity contribution is 0.408. The molecule has 1 aliphatic rings. The van der Waals surface area contributed by atoms with Crippen LogP contribution in [0.2, 0.25) is 0 Å². The molecule has 1 heterocycles. The van der Waals surface area contributed by atoms with Crippen molar-refractivity contribution in [1.29, 1.82) is 0 Å². The zero-order chi connectivity index (χ0) is 14.7. The third kappa shape index (κ3) is 3.22. The summed E-state index contributed by atoms with van der Waals surface area (Å²) >= 11 is 0. The van der Waals surface area contributed by atoms with Crippen molar-refractivity contribution >= 4 is 0 Å². The van der Waals surface area contributed by atoms with Crippen LogP contribution in [0.4, 0.5) is 0 Å². The first-order chi connectivity index (χ1) is 10.3. The predicted octanol–water partition coefficient (Wildman–Crippen LogP) is 2.96. The number of rotatable bonds is 4. The number of hydrogen-bond acceptors (Lipinski definition) is 4. The molecule has 3 rings (SSSR count). The zero-order valence-corrected chi connectivity index (χ0v) is 12.6. The molecule has 1 N–H and O–H groups in total. The molecule has 4 heteroatoms. The molecule has 4 nitrogen and oxygen atoms in total. The Labute approximate surface area is 125 Å². The molecule has 1 aromatic carbocycles. The first-order valence-electron chi connectivity index (χ1n) is 7.45. The lowest BCUT2D eigenvalue weighted by atomic mass is 9.87. The van der Waals surface area contributed by atoms with Crippen LogP contribution in [0.25, 0.3) is 0 Å². The third-order valence-corrected chi connectivity index (χ3v) is 4.03. The van der Waals surface area contributed by atoms with Crippen LogP contribution in [0, 0.1) is 6.92 Å². The maximum Gasteiger partial charge on any atom is 0.125 e. The quantitative estimate of drug-likeness (QED) is 0.937. The second-order valence-electron chi connectivity index (χ2n) is 5.49. The number of aryl methyl sites for hydroxylation is 2. The van der Waals surface area contributed by atoms with Crippen molar-refractivity contribution in [2.45, 2.75) is 38.8 Å². The largest absolute Gasteiger partial charge is 0.497 e. The molecule has 0 amide bonds. The predicted molar refractivity (Wildman–Crippen MR) is 82.3 cm³/mol. The summed E-state index contributed by atoms with van der Waals surface area (Å²) in [7, 11) is 1.72. The molecule has 1 unspecified atom stereocenters. The maximum absolute atomic E-state index is 5.36. The smallest absolute Gasteiger partial charge is 0.125 e. The summed E-state index contributed by atoms with van der Waals surface area (Å²) in [6.45, 7) is 2.69. The van der Waals surface area contributed by atoms with Gasteiger partial charge < -0.3 is 10.1 Å². The molecule has 110 valence electrons. The second-order valence-corrected chi connectivity index (χ2v) is 5.49. The van der Waals surface area contributed by atoms with Gasteiger partial charge in [-0.15, -0.1) is 0 Å². The normalized spacial score (nSPS) is 17.3. The Bertz CT molecular complexity index is 627. The number of benzene rings is 1. The average Bonchev–Trinajstić information content (AvgIpc) is 2.52. The number of aromatic nitrogens is 2. The summed E-state index contributed by atoms with van der Waals surface area (Å²) in [5.41, 5.74) is 3.84. The SMILES string of the molecule is COc1ccc2c(c1)C(NCc1ccnc(C)n1)CCC2. The van der Waals surface area contributed by atoms with E-state index in [9.17, 15) is 0 Å².